The minimum atomic E-state index is -0.145. The van der Waals surface area contributed by atoms with Crippen molar-refractivity contribution in [3.8, 4) is 0 Å². The highest BCUT2D eigenvalue weighted by atomic mass is 16.6. The van der Waals surface area contributed by atoms with Gasteiger partial charge in [-0.2, -0.15) is 0 Å². The van der Waals surface area contributed by atoms with Crippen molar-refractivity contribution in [2.24, 2.45) is 0 Å². The van der Waals surface area contributed by atoms with Crippen molar-refractivity contribution in [1.29, 1.82) is 0 Å². The minimum absolute atomic E-state index is 0.143. The molecule has 0 heterocycles. The summed E-state index contributed by atoms with van der Waals surface area (Å²) in [6.45, 7) is 13.4. The van der Waals surface area contributed by atoms with Gasteiger partial charge >= 0.3 is 11.9 Å². The van der Waals surface area contributed by atoms with Gasteiger partial charge in [-0.3, -0.25) is 9.59 Å². The molecule has 0 amide bonds. The summed E-state index contributed by atoms with van der Waals surface area (Å²) in [5.74, 6) is -0.288. The van der Waals surface area contributed by atoms with Gasteiger partial charge in [-0.15, -0.1) is 0 Å². The molecule has 0 saturated heterocycles. The number of carbonyl (C=O) groups excluding carboxylic acids is 2. The Hall–Kier alpha value is -1.42. The van der Waals surface area contributed by atoms with E-state index in [1.165, 1.54) is 57.8 Å². The van der Waals surface area contributed by atoms with Gasteiger partial charge < -0.3 is 52.1 Å². The third kappa shape index (κ3) is 44.7. The largest absolute Gasteiger partial charge is 0.463 e. The Labute approximate surface area is 315 Å². The molecule has 0 bridgehead atoms. The highest BCUT2D eigenvalue weighted by Crippen LogP contribution is 2.09. The van der Waals surface area contributed by atoms with Crippen LogP contribution in [0.15, 0.2) is 0 Å². The van der Waals surface area contributed by atoms with Crippen molar-refractivity contribution in [2.75, 3.05) is 132 Å². The Bertz CT molecular complexity index is 714. The van der Waals surface area contributed by atoms with E-state index in [4.69, 9.17) is 52.1 Å². The first-order chi connectivity index (χ1) is 25.7. The van der Waals surface area contributed by atoms with E-state index in [1.807, 2.05) is 0 Å². The molecule has 0 radical (unpaired) electrons. The molecule has 0 aromatic rings. The third-order valence-corrected chi connectivity index (χ3v) is 7.68. The molecule has 0 fully saturated rings. The van der Waals surface area contributed by atoms with Crippen molar-refractivity contribution in [2.45, 2.75) is 110 Å². The van der Waals surface area contributed by atoms with Crippen molar-refractivity contribution in [3.63, 3.8) is 0 Å². The number of hydrogen-bond donors (Lipinski definition) is 0. The molecule has 13 heteroatoms. The van der Waals surface area contributed by atoms with Crippen LogP contribution in [0, 0.1) is 0 Å². The van der Waals surface area contributed by atoms with Gasteiger partial charge in [0.2, 0.25) is 0 Å². The number of rotatable bonds is 45. The van der Waals surface area contributed by atoms with Crippen LogP contribution >= 0.6 is 0 Å². The Morgan fingerprint density at radius 1 is 0.269 bits per heavy atom. The van der Waals surface area contributed by atoms with Crippen molar-refractivity contribution < 1.29 is 61.7 Å². The van der Waals surface area contributed by atoms with Crippen LogP contribution in [0.25, 0.3) is 0 Å². The topological polar surface area (TPSA) is 136 Å². The Kier molecular flexibility index (Phi) is 44.5. The minimum Gasteiger partial charge on any atom is -0.463 e. The van der Waals surface area contributed by atoms with Gasteiger partial charge in [0.25, 0.3) is 0 Å². The molecule has 0 N–H and O–H groups in total. The average Bonchev–Trinajstić information content (AvgIpc) is 3.14. The van der Waals surface area contributed by atoms with Crippen LogP contribution in [0.4, 0.5) is 0 Å². The second kappa shape index (κ2) is 45.7. The predicted molar refractivity (Wildman–Crippen MR) is 200 cm³/mol. The van der Waals surface area contributed by atoms with Gasteiger partial charge in [0, 0.05) is 12.8 Å². The smallest absolute Gasteiger partial charge is 0.305 e. The van der Waals surface area contributed by atoms with E-state index < -0.39 is 0 Å². The summed E-state index contributed by atoms with van der Waals surface area (Å²) in [5, 5.41) is 0. The van der Waals surface area contributed by atoms with Crippen molar-refractivity contribution in [1.82, 2.24) is 0 Å². The van der Waals surface area contributed by atoms with Gasteiger partial charge in [-0.25, -0.2) is 0 Å². The lowest BCUT2D eigenvalue weighted by Gasteiger charge is -2.09. The zero-order chi connectivity index (χ0) is 37.7. The second-order valence-electron chi connectivity index (χ2n) is 12.3. The van der Waals surface area contributed by atoms with Crippen LogP contribution in [0.3, 0.4) is 0 Å². The molecule has 52 heavy (non-hydrogen) atoms. The molecule has 310 valence electrons. The quantitative estimate of drug-likeness (QED) is 0.0523. The lowest BCUT2D eigenvalue weighted by atomic mass is 10.1. The highest BCUT2D eigenvalue weighted by molar-refractivity contribution is 5.69. The molecule has 0 saturated carbocycles. The van der Waals surface area contributed by atoms with Crippen LogP contribution in [0.1, 0.15) is 110 Å². The molecule has 0 aliphatic rings. The van der Waals surface area contributed by atoms with E-state index in [-0.39, 0.29) is 25.2 Å². The fourth-order valence-corrected chi connectivity index (χ4v) is 4.71. The number of carbonyl (C=O) groups is 2. The molecule has 0 unspecified atom stereocenters. The standard InChI is InChI=1S/C39H76O13/c1-3-5-7-9-11-13-15-17-39(41)52-37-35-50-33-31-48-29-27-46-25-23-44-21-19-42-18-20-43-22-24-45-26-28-47-30-32-49-34-36-51-38(40)16-14-12-10-8-6-4-2/h3-37H2,1-2H3. The Morgan fingerprint density at radius 2 is 0.462 bits per heavy atom. The van der Waals surface area contributed by atoms with Crippen LogP contribution in [0.2, 0.25) is 0 Å². The predicted octanol–water partition coefficient (Wildman–Crippen LogP) is 6.11. The summed E-state index contributed by atoms with van der Waals surface area (Å²) in [4.78, 5) is 23.4. The Morgan fingerprint density at radius 3 is 0.692 bits per heavy atom. The molecular formula is C39H76O13. The summed E-state index contributed by atoms with van der Waals surface area (Å²) in [6.07, 6.45) is 16.2. The summed E-state index contributed by atoms with van der Waals surface area (Å²) in [7, 11) is 0. The molecule has 0 aliphatic carbocycles. The van der Waals surface area contributed by atoms with E-state index in [1.54, 1.807) is 0 Å². The number of esters is 2. The lowest BCUT2D eigenvalue weighted by molar-refractivity contribution is -0.146. The maximum atomic E-state index is 11.7. The maximum absolute atomic E-state index is 11.7. The summed E-state index contributed by atoms with van der Waals surface area (Å²) in [5.41, 5.74) is 0. The Balaban J connectivity index is 3.14. The van der Waals surface area contributed by atoms with E-state index in [9.17, 15) is 9.59 Å². The normalized spacial score (nSPS) is 11.3. The van der Waals surface area contributed by atoms with Crippen molar-refractivity contribution in [3.05, 3.63) is 0 Å². The SMILES string of the molecule is CCCCCCCCCC(=O)OCCOCCOCCOCCOCCOCCOCCOCCOCCOCCOC(=O)CCCCCCCC. The molecular weight excluding hydrogens is 676 g/mol. The molecule has 0 aromatic carbocycles. The molecule has 0 atom stereocenters. The van der Waals surface area contributed by atoms with Gasteiger partial charge in [-0.1, -0.05) is 84.5 Å². The summed E-state index contributed by atoms with van der Waals surface area (Å²) in [6, 6.07) is 0. The fourth-order valence-electron chi connectivity index (χ4n) is 4.71. The van der Waals surface area contributed by atoms with Gasteiger partial charge in [0.1, 0.15) is 13.2 Å². The molecule has 0 rings (SSSR count). The van der Waals surface area contributed by atoms with E-state index in [2.05, 4.69) is 13.8 Å². The van der Waals surface area contributed by atoms with Crippen LogP contribution < -0.4 is 0 Å². The molecule has 0 aliphatic heterocycles. The van der Waals surface area contributed by atoms with E-state index in [0.29, 0.717) is 132 Å². The first kappa shape index (κ1) is 50.6. The highest BCUT2D eigenvalue weighted by Gasteiger charge is 2.04. The summed E-state index contributed by atoms with van der Waals surface area (Å²) < 4.78 is 59.6. The molecule has 0 aromatic heterocycles. The fraction of sp³-hybridized carbons (Fsp3) is 0.949. The van der Waals surface area contributed by atoms with Gasteiger partial charge in [-0.05, 0) is 12.8 Å². The molecule has 0 spiro atoms. The first-order valence-corrected chi connectivity index (χ1v) is 20.2. The monoisotopic (exact) mass is 753 g/mol. The second-order valence-corrected chi connectivity index (χ2v) is 12.3. The number of ether oxygens (including phenoxy) is 11. The van der Waals surface area contributed by atoms with E-state index >= 15 is 0 Å². The van der Waals surface area contributed by atoms with Crippen LogP contribution in [-0.4, -0.2) is 144 Å². The van der Waals surface area contributed by atoms with Crippen molar-refractivity contribution >= 4 is 11.9 Å². The van der Waals surface area contributed by atoms with Gasteiger partial charge in [0.05, 0.1) is 119 Å². The third-order valence-electron chi connectivity index (χ3n) is 7.68. The zero-order valence-corrected chi connectivity index (χ0v) is 33.1. The number of unbranched alkanes of at least 4 members (excludes halogenated alkanes) is 11. The van der Waals surface area contributed by atoms with Crippen LogP contribution in [0.5, 0.6) is 0 Å². The molecule has 13 nitrogen and oxygen atoms in total. The van der Waals surface area contributed by atoms with Gasteiger partial charge in [0.15, 0.2) is 0 Å². The van der Waals surface area contributed by atoms with E-state index in [0.717, 1.165) is 25.7 Å². The van der Waals surface area contributed by atoms with Crippen LogP contribution in [-0.2, 0) is 61.7 Å². The lowest BCUT2D eigenvalue weighted by Crippen LogP contribution is -2.15. The average molecular weight is 753 g/mol. The first-order valence-electron chi connectivity index (χ1n) is 20.2. The summed E-state index contributed by atoms with van der Waals surface area (Å²) >= 11 is 0. The zero-order valence-electron chi connectivity index (χ0n) is 33.1. The maximum Gasteiger partial charge on any atom is 0.305 e. The number of hydrogen-bond acceptors (Lipinski definition) is 13.